The molecule has 0 radical (unpaired) electrons. The topological polar surface area (TPSA) is 289 Å². The molecule has 14 atom stereocenters. The third-order valence-corrected chi connectivity index (χ3v) is 24.9. The Bertz CT molecular complexity index is 3160. The van der Waals surface area contributed by atoms with E-state index < -0.39 is 180 Å². The fourth-order valence-corrected chi connectivity index (χ4v) is 18.0. The molecule has 0 aromatic rings. The molecule has 8 rings (SSSR count). The van der Waals surface area contributed by atoms with E-state index in [1.54, 1.807) is 13.8 Å². The number of nitrogens with one attached hydrogen (secondary N) is 2. The van der Waals surface area contributed by atoms with E-state index >= 15 is 38.4 Å². The van der Waals surface area contributed by atoms with E-state index in [0.717, 1.165) is 49.8 Å². The Kier molecular flexibility index (Phi) is 29.9. The summed E-state index contributed by atoms with van der Waals surface area (Å²) < 4.78 is 60.1. The highest BCUT2D eigenvalue weighted by Gasteiger charge is 2.57. The first-order chi connectivity index (χ1) is 50.3. The van der Waals surface area contributed by atoms with Crippen LogP contribution >= 0.6 is 0 Å². The van der Waals surface area contributed by atoms with Crippen molar-refractivity contribution in [3.8, 4) is 0 Å². The van der Waals surface area contributed by atoms with Gasteiger partial charge in [0.1, 0.15) is 59.9 Å². The van der Waals surface area contributed by atoms with Gasteiger partial charge in [-0.3, -0.25) is 57.5 Å². The summed E-state index contributed by atoms with van der Waals surface area (Å²) in [6, 6.07) is -11.4. The maximum atomic E-state index is 15.8. The summed E-state index contributed by atoms with van der Waals surface area (Å²) in [4.78, 5) is 197. The molecule has 0 aromatic heterocycles. The van der Waals surface area contributed by atoms with Crippen molar-refractivity contribution in [2.45, 2.75) is 260 Å². The van der Waals surface area contributed by atoms with Gasteiger partial charge in [0.2, 0.25) is 70.9 Å². The number of amides is 12. The molecule has 2 bridgehead atoms. The number of fused-ring (bicyclic) bond motifs is 4. The summed E-state index contributed by atoms with van der Waals surface area (Å²) in [6.07, 6.45) is 6.03. The van der Waals surface area contributed by atoms with E-state index in [0.29, 0.717) is 38.5 Å². The van der Waals surface area contributed by atoms with Crippen molar-refractivity contribution >= 4 is 70.9 Å². The lowest BCUT2D eigenvalue weighted by Crippen LogP contribution is -2.68. The second kappa shape index (κ2) is 37.4. The van der Waals surface area contributed by atoms with Crippen LogP contribution in [0, 0.1) is 29.6 Å². The van der Waals surface area contributed by atoms with Crippen molar-refractivity contribution in [1.82, 2.24) is 59.6 Å². The third-order valence-electron chi connectivity index (χ3n) is 24.9. The van der Waals surface area contributed by atoms with Gasteiger partial charge in [-0.15, -0.1) is 0 Å². The monoisotopic (exact) mass is 1500 g/mol. The van der Waals surface area contributed by atoms with Gasteiger partial charge in [0.15, 0.2) is 0 Å². The lowest BCUT2D eigenvalue weighted by molar-refractivity contribution is -0.215. The number of halogens is 3. The van der Waals surface area contributed by atoms with Gasteiger partial charge in [0.05, 0.1) is 37.7 Å². The predicted molar refractivity (Wildman–Crippen MR) is 386 cm³/mol. The first kappa shape index (κ1) is 84.7. The van der Waals surface area contributed by atoms with Crippen molar-refractivity contribution in [2.24, 2.45) is 29.6 Å². The predicted octanol–water partition coefficient (Wildman–Crippen LogP) is 4.77. The van der Waals surface area contributed by atoms with Gasteiger partial charge in [-0.2, -0.15) is 13.2 Å². The Morgan fingerprint density at radius 2 is 1.33 bits per heavy atom. The molecule has 30 heteroatoms. The smallest absolute Gasteiger partial charge is 0.382 e. The maximum Gasteiger partial charge on any atom is 0.394 e. The zero-order valence-corrected chi connectivity index (χ0v) is 65.0. The van der Waals surface area contributed by atoms with Gasteiger partial charge < -0.3 is 73.8 Å². The van der Waals surface area contributed by atoms with Crippen molar-refractivity contribution in [3.63, 3.8) is 0 Å². The van der Waals surface area contributed by atoms with Gasteiger partial charge >= 0.3 is 6.18 Å². The molecular weight excluding hydrogens is 1380 g/mol. The second-order valence-electron chi connectivity index (χ2n) is 31.7. The zero-order chi connectivity index (χ0) is 77.8. The number of hydrogen-bond acceptors (Lipinski definition) is 15. The number of nitrogens with zero attached hydrogens (tertiary/aromatic N) is 10. The molecule has 0 aromatic carbocycles. The van der Waals surface area contributed by atoms with Gasteiger partial charge in [-0.25, -0.2) is 0 Å². The Hall–Kier alpha value is -6.95. The minimum atomic E-state index is -4.52. The standard InChI is InChI=1S/C76H121F3N12O15/c1-14-47(3)63-72(101)89-39-24-31-55(89)69(98)85(8)54-30-20-17-23-38-90(71(54)100)57(40-48-26-18-16-19-27-48)68(97)83(6)45-61(92)80-53(35-33-49-32-34-52(76(77,78)79)60(41-49)105-13)66(95)91-44-51(106-15-2)42-58(91)70(99)88(11)75(36-25-37-75)74(103)87(10)64(50-28-21-22-29-50)73(102)86(9)56(67(96)82(4)5)43-62(93)84(7)59(46-104-12)65(94)81-63/h17,20,47-60,63-64H,14-16,18-19,21-46H2,1-13H3,(H,80,92)(H,81,94)/b20-17-/t47-,49?,51+,52?,53-,54-,55-,56-,57-,58-,59-,60?,63-,64-/m0/s1. The molecule has 27 nitrogen and oxygen atoms in total. The van der Waals surface area contributed by atoms with E-state index in [1.807, 2.05) is 19.1 Å². The molecule has 12 amide bonds. The van der Waals surface area contributed by atoms with Gasteiger partial charge in [-0.05, 0) is 127 Å². The number of carbonyl (C=O) groups is 12. The number of alkyl halides is 3. The summed E-state index contributed by atoms with van der Waals surface area (Å²) in [5.74, 6) is -10.7. The Balaban J connectivity index is 1.21. The number of rotatable bonds is 14. The molecule has 4 aliphatic heterocycles. The average molecular weight is 1500 g/mol. The second-order valence-corrected chi connectivity index (χ2v) is 31.7. The minimum Gasteiger partial charge on any atom is -0.382 e. The van der Waals surface area contributed by atoms with Crippen molar-refractivity contribution in [3.05, 3.63) is 12.2 Å². The largest absolute Gasteiger partial charge is 0.394 e. The number of methoxy groups -OCH3 is 2. The molecule has 1 spiro atoms. The molecule has 3 saturated heterocycles. The first-order valence-corrected chi connectivity index (χ1v) is 38.9. The van der Waals surface area contributed by atoms with Crippen molar-refractivity contribution in [1.29, 1.82) is 0 Å². The van der Waals surface area contributed by atoms with E-state index in [-0.39, 0.29) is 115 Å². The lowest BCUT2D eigenvalue weighted by atomic mass is 9.73. The quantitative estimate of drug-likeness (QED) is 0.222. The highest BCUT2D eigenvalue weighted by molar-refractivity contribution is 6.01. The fraction of sp³-hybridized carbons (Fsp3) is 0.816. The van der Waals surface area contributed by atoms with E-state index in [1.165, 1.54) is 115 Å². The van der Waals surface area contributed by atoms with Crippen LogP contribution in [0.3, 0.4) is 0 Å². The van der Waals surface area contributed by atoms with Crippen molar-refractivity contribution in [2.75, 3.05) is 110 Å². The molecule has 8 aliphatic rings. The zero-order valence-electron chi connectivity index (χ0n) is 65.0. The average Bonchev–Trinajstić information content (AvgIpc) is 0.912. The Morgan fingerprint density at radius 1 is 0.651 bits per heavy atom. The van der Waals surface area contributed by atoms with Crippen molar-refractivity contribution < 1.29 is 84.9 Å². The highest BCUT2D eigenvalue weighted by atomic mass is 19.4. The van der Waals surface area contributed by atoms with E-state index in [4.69, 9.17) is 14.2 Å². The fourth-order valence-electron chi connectivity index (χ4n) is 18.0. The summed E-state index contributed by atoms with van der Waals surface area (Å²) in [5.41, 5.74) is -1.55. The summed E-state index contributed by atoms with van der Waals surface area (Å²) in [5, 5.41) is 5.80. The van der Waals surface area contributed by atoms with Crippen LogP contribution in [0.1, 0.15) is 181 Å². The van der Waals surface area contributed by atoms with Crippen LogP contribution in [0.25, 0.3) is 0 Å². The van der Waals surface area contributed by atoms with Crippen LogP contribution in [0.2, 0.25) is 0 Å². The molecule has 596 valence electrons. The number of hydrogen-bond donors (Lipinski definition) is 2. The maximum absolute atomic E-state index is 15.8. The number of ether oxygens (including phenoxy) is 3. The normalized spacial score (nSPS) is 31.5. The van der Waals surface area contributed by atoms with Gasteiger partial charge in [0, 0.05) is 103 Å². The van der Waals surface area contributed by atoms with Crippen LogP contribution < -0.4 is 10.6 Å². The first-order valence-electron chi connectivity index (χ1n) is 38.9. The molecule has 4 heterocycles. The molecule has 2 N–H and O–H groups in total. The number of likely N-dealkylation sites (N-methyl/N-ethyl adjacent to an activating group) is 7. The Morgan fingerprint density at radius 3 is 1.94 bits per heavy atom. The van der Waals surface area contributed by atoms with E-state index in [9.17, 15) is 32.3 Å². The summed E-state index contributed by atoms with van der Waals surface area (Å²) in [7, 11) is 14.2. The molecule has 4 saturated carbocycles. The Labute approximate surface area is 624 Å². The lowest BCUT2D eigenvalue weighted by Gasteiger charge is -2.51. The summed E-state index contributed by atoms with van der Waals surface area (Å²) in [6.45, 7) is 4.68. The van der Waals surface area contributed by atoms with E-state index in [2.05, 4.69) is 10.6 Å². The highest BCUT2D eigenvalue weighted by Crippen LogP contribution is 2.45. The molecule has 106 heavy (non-hydrogen) atoms. The molecule has 7 fully saturated rings. The summed E-state index contributed by atoms with van der Waals surface area (Å²) >= 11 is 0. The molecular formula is C76H121F3N12O15. The number of carbonyl (C=O) groups excluding carboxylic acids is 12. The molecule has 4 aliphatic carbocycles. The van der Waals surface area contributed by atoms with Crippen LogP contribution in [0.5, 0.6) is 0 Å². The third kappa shape index (κ3) is 19.2. The van der Waals surface area contributed by atoms with Crippen LogP contribution in [-0.2, 0) is 71.7 Å². The SMILES string of the molecule is CCO[C@@H]1C[C@H]2C(=O)N(C)C3(CCC3)C(=O)N(C)[C@@H](C3CCCC3)C(=O)N(C)[C@H](C(=O)N(C)C)CC(=O)N(C)[C@@H](COC)C(=O)N[C@@H]([C@@H](C)CC)C(=O)N3CCC[C@H]3C(=O)N(C)[C@H]3C/C=C\CCN(C3=O)[C@@H](CC3CCCCC3)C(=O)N(C)CC(=O)N[C@@H](CCC3CCC(C(F)(F)F)C(OC)C3)C(=O)N2C1. The van der Waals surface area contributed by atoms with Gasteiger partial charge in [0.25, 0.3) is 0 Å². The molecule has 3 unspecified atom stereocenters. The van der Waals surface area contributed by atoms with Gasteiger partial charge in [-0.1, -0.05) is 77.4 Å². The van der Waals surface area contributed by atoms with Crippen LogP contribution in [-0.4, -0.2) is 308 Å². The van der Waals surface area contributed by atoms with Crippen LogP contribution in [0.4, 0.5) is 13.2 Å². The van der Waals surface area contributed by atoms with Crippen LogP contribution in [0.15, 0.2) is 12.2 Å². The minimum absolute atomic E-state index is 0.0102.